The third-order valence-corrected chi connectivity index (χ3v) is 4.78. The minimum absolute atomic E-state index is 0.293. The number of methoxy groups -OCH3 is 1. The molecule has 0 N–H and O–H groups in total. The van der Waals surface area contributed by atoms with Crippen molar-refractivity contribution in [3.8, 4) is 0 Å². The molecule has 1 atom stereocenters. The van der Waals surface area contributed by atoms with Crippen LogP contribution in [-0.2, 0) is 4.74 Å². The predicted octanol–water partition coefficient (Wildman–Crippen LogP) is 5.69. The summed E-state index contributed by atoms with van der Waals surface area (Å²) in [5.41, 5.74) is 5.01. The second-order valence-corrected chi connectivity index (χ2v) is 6.70. The normalized spacial score (nSPS) is 16.3. The number of nitrogens with zero attached hydrogens (tertiary/aromatic N) is 2. The highest BCUT2D eigenvalue weighted by Gasteiger charge is 2.32. The topological polar surface area (TPSA) is 24.8 Å². The molecule has 4 rings (SSSR count). The van der Waals surface area contributed by atoms with E-state index in [4.69, 9.17) is 9.73 Å². The van der Waals surface area contributed by atoms with Gasteiger partial charge in [0.15, 0.2) is 6.23 Å². The highest BCUT2D eigenvalue weighted by Crippen LogP contribution is 2.40. The first kappa shape index (κ1) is 16.1. The van der Waals surface area contributed by atoms with Gasteiger partial charge in [0.25, 0.3) is 0 Å². The third kappa shape index (κ3) is 2.99. The van der Waals surface area contributed by atoms with E-state index >= 15 is 0 Å². The zero-order valence-corrected chi connectivity index (χ0v) is 15.3. The molecule has 1 aliphatic rings. The van der Waals surface area contributed by atoms with E-state index in [1.165, 1.54) is 0 Å². The van der Waals surface area contributed by atoms with Crippen molar-refractivity contribution in [2.24, 2.45) is 4.99 Å². The van der Waals surface area contributed by atoms with E-state index in [9.17, 15) is 0 Å². The van der Waals surface area contributed by atoms with Crippen LogP contribution in [0.25, 0.3) is 0 Å². The van der Waals surface area contributed by atoms with Crippen molar-refractivity contribution in [3.05, 3.63) is 88.9 Å². The maximum atomic E-state index is 5.90. The van der Waals surface area contributed by atoms with Gasteiger partial charge in [-0.1, -0.05) is 58.4 Å². The highest BCUT2D eigenvalue weighted by molar-refractivity contribution is 9.10. The Morgan fingerprint density at radius 1 is 0.880 bits per heavy atom. The van der Waals surface area contributed by atoms with E-state index in [0.29, 0.717) is 0 Å². The van der Waals surface area contributed by atoms with Crippen LogP contribution in [0.4, 0.5) is 17.1 Å². The molecular weight excluding hydrogens is 376 g/mol. The van der Waals surface area contributed by atoms with Crippen molar-refractivity contribution in [1.29, 1.82) is 0 Å². The molecule has 3 aromatic carbocycles. The largest absolute Gasteiger partial charge is 0.355 e. The molecule has 0 bridgehead atoms. The minimum atomic E-state index is -0.293. The molecule has 3 nitrogen and oxygen atoms in total. The molecule has 0 fully saturated rings. The molecule has 0 aromatic heterocycles. The zero-order valence-electron chi connectivity index (χ0n) is 13.8. The van der Waals surface area contributed by atoms with Gasteiger partial charge in [-0.3, -0.25) is 0 Å². The van der Waals surface area contributed by atoms with Crippen LogP contribution in [0.2, 0.25) is 0 Å². The van der Waals surface area contributed by atoms with Gasteiger partial charge in [0.2, 0.25) is 0 Å². The van der Waals surface area contributed by atoms with Crippen molar-refractivity contribution >= 4 is 38.7 Å². The number of para-hydroxylation sites is 3. The molecule has 25 heavy (non-hydrogen) atoms. The molecule has 1 aliphatic heterocycles. The summed E-state index contributed by atoms with van der Waals surface area (Å²) >= 11 is 3.49. The second-order valence-electron chi connectivity index (χ2n) is 5.79. The summed E-state index contributed by atoms with van der Waals surface area (Å²) < 4.78 is 6.94. The van der Waals surface area contributed by atoms with Gasteiger partial charge in [0.1, 0.15) is 0 Å². The maximum absolute atomic E-state index is 5.90. The molecule has 1 heterocycles. The number of halogens is 1. The Hall–Kier alpha value is -2.43. The fourth-order valence-corrected chi connectivity index (χ4v) is 3.37. The lowest BCUT2D eigenvalue weighted by atomic mass is 10.0. The van der Waals surface area contributed by atoms with Gasteiger partial charge < -0.3 is 9.64 Å². The van der Waals surface area contributed by atoms with Crippen molar-refractivity contribution in [2.75, 3.05) is 12.0 Å². The van der Waals surface area contributed by atoms with Crippen molar-refractivity contribution in [1.82, 2.24) is 0 Å². The number of rotatable bonds is 3. The van der Waals surface area contributed by atoms with Crippen LogP contribution in [0.3, 0.4) is 0 Å². The Balaban J connectivity index is 1.91. The van der Waals surface area contributed by atoms with Gasteiger partial charge >= 0.3 is 0 Å². The third-order valence-electron chi connectivity index (χ3n) is 4.25. The molecule has 0 spiro atoms. The lowest BCUT2D eigenvalue weighted by Gasteiger charge is -2.37. The SMILES string of the molecule is COC1C(c2ccc(Br)cc2)=Nc2ccccc2N1c1ccccc1. The Bertz CT molecular complexity index is 907. The summed E-state index contributed by atoms with van der Waals surface area (Å²) in [4.78, 5) is 7.10. The van der Waals surface area contributed by atoms with Gasteiger partial charge in [-0.15, -0.1) is 0 Å². The van der Waals surface area contributed by atoms with E-state index in [-0.39, 0.29) is 6.23 Å². The van der Waals surface area contributed by atoms with Gasteiger partial charge in [-0.25, -0.2) is 4.99 Å². The molecule has 4 heteroatoms. The molecule has 0 aliphatic carbocycles. The quantitative estimate of drug-likeness (QED) is 0.571. The van der Waals surface area contributed by atoms with E-state index in [2.05, 4.69) is 51.2 Å². The van der Waals surface area contributed by atoms with Gasteiger partial charge in [0, 0.05) is 22.8 Å². The molecule has 0 amide bonds. The van der Waals surface area contributed by atoms with Gasteiger partial charge in [-0.05, 0) is 36.4 Å². The summed E-state index contributed by atoms with van der Waals surface area (Å²) in [6.45, 7) is 0. The fraction of sp³-hybridized carbons (Fsp3) is 0.0952. The Morgan fingerprint density at radius 2 is 1.56 bits per heavy atom. The lowest BCUT2D eigenvalue weighted by Crippen LogP contribution is -2.42. The van der Waals surface area contributed by atoms with E-state index in [0.717, 1.165) is 32.8 Å². The summed E-state index contributed by atoms with van der Waals surface area (Å²) in [6.07, 6.45) is -0.293. The van der Waals surface area contributed by atoms with Crippen molar-refractivity contribution in [3.63, 3.8) is 0 Å². The number of fused-ring (bicyclic) bond motifs is 1. The number of hydrogen-bond acceptors (Lipinski definition) is 3. The summed E-state index contributed by atoms with van der Waals surface area (Å²) in [7, 11) is 1.73. The summed E-state index contributed by atoms with van der Waals surface area (Å²) in [5.74, 6) is 0. The number of ether oxygens (including phenoxy) is 1. The zero-order chi connectivity index (χ0) is 17.2. The van der Waals surface area contributed by atoms with E-state index < -0.39 is 0 Å². The average Bonchev–Trinajstić information content (AvgIpc) is 2.67. The van der Waals surface area contributed by atoms with Gasteiger partial charge in [0.05, 0.1) is 17.1 Å². The van der Waals surface area contributed by atoms with E-state index in [1.54, 1.807) is 7.11 Å². The van der Waals surface area contributed by atoms with Crippen LogP contribution in [0.1, 0.15) is 5.56 Å². The van der Waals surface area contributed by atoms with Crippen LogP contribution in [-0.4, -0.2) is 19.0 Å². The Morgan fingerprint density at radius 3 is 2.28 bits per heavy atom. The number of aliphatic imine (C=N–C) groups is 1. The molecule has 0 saturated heterocycles. The van der Waals surface area contributed by atoms with Crippen LogP contribution >= 0.6 is 15.9 Å². The predicted molar refractivity (Wildman–Crippen MR) is 106 cm³/mol. The number of anilines is 2. The first-order valence-electron chi connectivity index (χ1n) is 8.08. The van der Waals surface area contributed by atoms with Crippen molar-refractivity contribution in [2.45, 2.75) is 6.23 Å². The molecule has 1 unspecified atom stereocenters. The van der Waals surface area contributed by atoms with Gasteiger partial charge in [-0.2, -0.15) is 0 Å². The highest BCUT2D eigenvalue weighted by atomic mass is 79.9. The van der Waals surface area contributed by atoms with Crippen LogP contribution < -0.4 is 4.90 Å². The second kappa shape index (κ2) is 6.82. The standard InChI is InChI=1S/C21H17BrN2O/c1-25-21-20(15-11-13-16(22)14-12-15)23-18-9-5-6-10-19(18)24(21)17-7-3-2-4-8-17/h2-14,21H,1H3. The molecule has 3 aromatic rings. The molecule has 0 radical (unpaired) electrons. The number of hydrogen-bond donors (Lipinski definition) is 0. The average molecular weight is 393 g/mol. The molecule has 124 valence electrons. The minimum Gasteiger partial charge on any atom is -0.355 e. The lowest BCUT2D eigenvalue weighted by molar-refractivity contribution is 0.160. The fourth-order valence-electron chi connectivity index (χ4n) is 3.10. The van der Waals surface area contributed by atoms with Crippen LogP contribution in [0, 0.1) is 0 Å². The summed E-state index contributed by atoms with van der Waals surface area (Å²) in [6, 6.07) is 26.6. The monoisotopic (exact) mass is 392 g/mol. The molecular formula is C21H17BrN2O. The first-order valence-corrected chi connectivity index (χ1v) is 8.88. The Kier molecular flexibility index (Phi) is 4.38. The van der Waals surface area contributed by atoms with Crippen molar-refractivity contribution < 1.29 is 4.74 Å². The first-order chi connectivity index (χ1) is 12.3. The smallest absolute Gasteiger partial charge is 0.177 e. The number of benzene rings is 3. The van der Waals surface area contributed by atoms with Crippen LogP contribution in [0.5, 0.6) is 0 Å². The summed E-state index contributed by atoms with van der Waals surface area (Å²) in [5, 5.41) is 0. The Labute approximate surface area is 155 Å². The van der Waals surface area contributed by atoms with Crippen LogP contribution in [0.15, 0.2) is 88.3 Å². The molecule has 0 saturated carbocycles. The maximum Gasteiger partial charge on any atom is 0.177 e. The van der Waals surface area contributed by atoms with E-state index in [1.807, 2.05) is 48.5 Å².